The first kappa shape index (κ1) is 24.1. The Kier molecular flexibility index (Phi) is 7.82. The van der Waals surface area contributed by atoms with Crippen molar-refractivity contribution in [3.8, 4) is 0 Å². The van der Waals surface area contributed by atoms with Gasteiger partial charge in [-0.05, 0) is 77.1 Å². The van der Waals surface area contributed by atoms with Crippen LogP contribution in [0, 0.1) is 6.92 Å². The Balaban J connectivity index is 2.08. The molecule has 0 aliphatic heterocycles. The van der Waals surface area contributed by atoms with E-state index in [2.05, 4.69) is 97.0 Å². The van der Waals surface area contributed by atoms with Crippen LogP contribution in [0.25, 0.3) is 0 Å². The number of benzene rings is 3. The van der Waals surface area contributed by atoms with Crippen LogP contribution in [0.3, 0.4) is 0 Å². The zero-order valence-corrected chi connectivity index (χ0v) is 21.2. The lowest BCUT2D eigenvalue weighted by atomic mass is 9.82. The van der Waals surface area contributed by atoms with E-state index in [0.717, 1.165) is 31.4 Å². The molecule has 0 spiro atoms. The molecule has 2 atom stereocenters. The molecule has 1 heteroatoms. The van der Waals surface area contributed by atoms with Gasteiger partial charge in [-0.2, -0.15) is 0 Å². The number of aryl methyl sites for hydroxylation is 5. The monoisotopic (exact) mass is 427 g/mol. The highest BCUT2D eigenvalue weighted by atomic mass is 14.6. The Morgan fingerprint density at radius 3 is 1.16 bits per heavy atom. The van der Waals surface area contributed by atoms with Crippen molar-refractivity contribution in [1.82, 2.24) is 0 Å². The fourth-order valence-electron chi connectivity index (χ4n) is 4.83. The van der Waals surface area contributed by atoms with Crippen LogP contribution < -0.4 is 5.73 Å². The zero-order chi connectivity index (χ0) is 23.4. The van der Waals surface area contributed by atoms with Gasteiger partial charge in [-0.1, -0.05) is 95.6 Å². The molecule has 0 amide bonds. The topological polar surface area (TPSA) is 26.0 Å². The van der Waals surface area contributed by atoms with Gasteiger partial charge >= 0.3 is 0 Å². The van der Waals surface area contributed by atoms with Gasteiger partial charge < -0.3 is 5.73 Å². The molecule has 32 heavy (non-hydrogen) atoms. The average molecular weight is 428 g/mol. The second-order valence-corrected chi connectivity index (χ2v) is 9.38. The summed E-state index contributed by atoms with van der Waals surface area (Å²) in [6.07, 6.45) is 4.25. The lowest BCUT2D eigenvalue weighted by molar-refractivity contribution is 0.879. The van der Waals surface area contributed by atoms with Crippen LogP contribution in [-0.2, 0) is 25.7 Å². The van der Waals surface area contributed by atoms with E-state index in [9.17, 15) is 0 Å². The van der Waals surface area contributed by atoms with Crippen molar-refractivity contribution < 1.29 is 0 Å². The second-order valence-electron chi connectivity index (χ2n) is 9.38. The first-order valence-electron chi connectivity index (χ1n) is 12.5. The zero-order valence-electron chi connectivity index (χ0n) is 21.2. The molecule has 3 aromatic rings. The number of nitrogen functional groups attached to an aromatic ring is 1. The highest BCUT2D eigenvalue weighted by Gasteiger charge is 2.20. The Bertz CT molecular complexity index is 949. The number of hydrogen-bond donors (Lipinski definition) is 1. The van der Waals surface area contributed by atoms with E-state index in [4.69, 9.17) is 5.73 Å². The predicted octanol–water partition coefficient (Wildman–Crippen LogP) is 8.13. The highest BCUT2D eigenvalue weighted by molar-refractivity contribution is 5.62. The Morgan fingerprint density at radius 1 is 0.562 bits per heavy atom. The number of nitrogens with two attached hydrogens (primary N) is 1. The minimum atomic E-state index is 0.269. The Morgan fingerprint density at radius 2 is 0.875 bits per heavy atom. The molecule has 0 aromatic heterocycles. The first-order valence-corrected chi connectivity index (χ1v) is 12.5. The van der Waals surface area contributed by atoms with Gasteiger partial charge in [0.2, 0.25) is 0 Å². The third-order valence-electron chi connectivity index (χ3n) is 7.10. The number of hydrogen-bond acceptors (Lipinski definition) is 1. The van der Waals surface area contributed by atoms with E-state index < -0.39 is 0 Å². The van der Waals surface area contributed by atoms with E-state index in [1.165, 1.54) is 50.1 Å². The molecule has 2 N–H and O–H groups in total. The predicted molar refractivity (Wildman–Crippen MR) is 141 cm³/mol. The smallest absolute Gasteiger partial charge is 0.0391 e. The number of anilines is 1. The lowest BCUT2D eigenvalue weighted by Gasteiger charge is -2.23. The van der Waals surface area contributed by atoms with Gasteiger partial charge in [0.1, 0.15) is 0 Å². The summed E-state index contributed by atoms with van der Waals surface area (Å²) in [5, 5.41) is 0. The summed E-state index contributed by atoms with van der Waals surface area (Å²) in [7, 11) is 0. The summed E-state index contributed by atoms with van der Waals surface area (Å²) in [4.78, 5) is 0. The summed E-state index contributed by atoms with van der Waals surface area (Å²) >= 11 is 0. The minimum Gasteiger partial charge on any atom is -0.398 e. The van der Waals surface area contributed by atoms with Gasteiger partial charge in [0.15, 0.2) is 0 Å². The van der Waals surface area contributed by atoms with Crippen molar-refractivity contribution in [1.29, 1.82) is 0 Å². The molecule has 0 saturated carbocycles. The second kappa shape index (κ2) is 10.4. The molecule has 0 aliphatic rings. The molecule has 170 valence electrons. The van der Waals surface area contributed by atoms with E-state index in [1.54, 1.807) is 0 Å². The normalized spacial score (nSPS) is 13.2. The Labute approximate surface area is 196 Å². The van der Waals surface area contributed by atoms with E-state index in [0.29, 0.717) is 0 Å². The van der Waals surface area contributed by atoms with Gasteiger partial charge in [-0.25, -0.2) is 0 Å². The molecule has 1 nitrogen and oxygen atoms in total. The maximum Gasteiger partial charge on any atom is 0.0391 e. The Hall–Kier alpha value is -2.54. The van der Waals surface area contributed by atoms with Crippen LogP contribution in [0.5, 0.6) is 0 Å². The van der Waals surface area contributed by atoms with Gasteiger partial charge in [-0.15, -0.1) is 0 Å². The summed E-state index contributed by atoms with van der Waals surface area (Å²) in [5.41, 5.74) is 20.1. The molecule has 0 aliphatic carbocycles. The van der Waals surface area contributed by atoms with E-state index in [-0.39, 0.29) is 11.8 Å². The van der Waals surface area contributed by atoms with Gasteiger partial charge in [-0.3, -0.25) is 0 Å². The standard InChI is InChI=1S/C31H41N/c1-8-23-14-24(9-2)17-27(16-23)21(6)29-12-20(5)13-30(31(29)32)22(7)28-18-25(10-3)15-26(11-4)19-28/h12-19,21-22H,8-11,32H2,1-7H3/t21-,22-/m1/s1. The van der Waals surface area contributed by atoms with Crippen LogP contribution in [0.4, 0.5) is 5.69 Å². The fraction of sp³-hybridized carbons (Fsp3) is 0.419. The van der Waals surface area contributed by atoms with Crippen molar-refractivity contribution in [2.75, 3.05) is 5.73 Å². The lowest BCUT2D eigenvalue weighted by Crippen LogP contribution is -2.09. The molecule has 3 aromatic carbocycles. The molecule has 0 bridgehead atoms. The third kappa shape index (κ3) is 5.09. The molecule has 3 rings (SSSR count). The molecule has 0 fully saturated rings. The van der Waals surface area contributed by atoms with Crippen molar-refractivity contribution >= 4 is 5.69 Å². The highest BCUT2D eigenvalue weighted by Crippen LogP contribution is 2.38. The SMILES string of the molecule is CCc1cc(CC)cc([C@@H](C)c2cc(C)cc([C@H](C)c3cc(CC)cc(CC)c3)c2N)c1. The van der Waals surface area contributed by atoms with Crippen LogP contribution in [0.2, 0.25) is 0 Å². The van der Waals surface area contributed by atoms with Crippen molar-refractivity contribution in [2.24, 2.45) is 0 Å². The van der Waals surface area contributed by atoms with Crippen LogP contribution in [0.15, 0.2) is 48.5 Å². The van der Waals surface area contributed by atoms with Crippen LogP contribution in [0.1, 0.15) is 103 Å². The third-order valence-corrected chi connectivity index (χ3v) is 7.10. The maximum absolute atomic E-state index is 6.91. The molecule has 0 radical (unpaired) electrons. The molecular formula is C31H41N. The summed E-state index contributed by atoms with van der Waals surface area (Å²) in [6, 6.07) is 18.7. The number of rotatable bonds is 8. The van der Waals surface area contributed by atoms with Crippen LogP contribution in [-0.4, -0.2) is 0 Å². The van der Waals surface area contributed by atoms with Crippen molar-refractivity contribution in [3.05, 3.63) is 98.6 Å². The summed E-state index contributed by atoms with van der Waals surface area (Å²) in [6.45, 7) is 15.8. The van der Waals surface area contributed by atoms with Gasteiger partial charge in [0.25, 0.3) is 0 Å². The van der Waals surface area contributed by atoms with E-state index in [1.807, 2.05) is 0 Å². The quantitative estimate of drug-likeness (QED) is 0.361. The van der Waals surface area contributed by atoms with Crippen molar-refractivity contribution in [2.45, 2.75) is 86.0 Å². The van der Waals surface area contributed by atoms with Crippen LogP contribution >= 0.6 is 0 Å². The fourth-order valence-corrected chi connectivity index (χ4v) is 4.83. The maximum atomic E-state index is 6.91. The first-order chi connectivity index (χ1) is 15.3. The van der Waals surface area contributed by atoms with Crippen molar-refractivity contribution in [3.63, 3.8) is 0 Å². The minimum absolute atomic E-state index is 0.269. The molecule has 0 heterocycles. The molecule has 0 unspecified atom stereocenters. The average Bonchev–Trinajstić information content (AvgIpc) is 2.83. The van der Waals surface area contributed by atoms with E-state index >= 15 is 0 Å². The molecule has 0 saturated heterocycles. The van der Waals surface area contributed by atoms with Gasteiger partial charge in [0, 0.05) is 17.5 Å². The largest absolute Gasteiger partial charge is 0.398 e. The summed E-state index contributed by atoms with van der Waals surface area (Å²) < 4.78 is 0. The summed E-state index contributed by atoms with van der Waals surface area (Å²) in [5.74, 6) is 0.539. The van der Waals surface area contributed by atoms with Gasteiger partial charge in [0.05, 0.1) is 0 Å². The molecular weight excluding hydrogens is 386 g/mol.